The molecule has 0 aliphatic carbocycles. The monoisotopic (exact) mass is 326 g/mol. The third kappa shape index (κ3) is 4.45. The van der Waals surface area contributed by atoms with Crippen LogP contribution in [0.25, 0.3) is 5.57 Å². The van der Waals surface area contributed by atoms with Gasteiger partial charge >= 0.3 is 7.60 Å². The average molecular weight is 326 g/mol. The Kier molecular flexibility index (Phi) is 6.03. The number of allylic oxidation sites excluding steroid dienone is 1. The van der Waals surface area contributed by atoms with Gasteiger partial charge < -0.3 is 14.2 Å². The van der Waals surface area contributed by atoms with E-state index in [1.165, 1.54) is 7.11 Å². The minimum Gasteiger partial charge on any atom is -0.507 e. The van der Waals surface area contributed by atoms with Gasteiger partial charge in [0.05, 0.1) is 12.8 Å². The fourth-order valence-corrected chi connectivity index (χ4v) is 3.61. The zero-order valence-electron chi connectivity index (χ0n) is 14.4. The molecule has 0 amide bonds. The standard InChI is InChI=1S/C17H27O4P/c1-8-21-22(19,20-7)11-13-9-14(12(2)3)16(18)15(10-13)17(4,5)6/h9-10,18H,2,8,11H2,1,3-7H3. The molecular weight excluding hydrogens is 299 g/mol. The normalized spacial score (nSPS) is 14.6. The first-order valence-corrected chi connectivity index (χ1v) is 9.08. The van der Waals surface area contributed by atoms with Crippen LogP contribution in [0.3, 0.4) is 0 Å². The van der Waals surface area contributed by atoms with Gasteiger partial charge in [-0.1, -0.05) is 33.4 Å². The lowest BCUT2D eigenvalue weighted by molar-refractivity contribution is 0.243. The Bertz CT molecular complexity index is 599. The van der Waals surface area contributed by atoms with E-state index >= 15 is 0 Å². The van der Waals surface area contributed by atoms with Gasteiger partial charge in [-0.25, -0.2) is 0 Å². The molecule has 0 bridgehead atoms. The maximum atomic E-state index is 12.5. The Balaban J connectivity index is 3.41. The van der Waals surface area contributed by atoms with Crippen molar-refractivity contribution < 1.29 is 18.7 Å². The van der Waals surface area contributed by atoms with Gasteiger partial charge in [-0.05, 0) is 36.5 Å². The minimum atomic E-state index is -3.17. The number of hydrogen-bond acceptors (Lipinski definition) is 4. The highest BCUT2D eigenvalue weighted by atomic mass is 31.2. The van der Waals surface area contributed by atoms with Crippen LogP contribution < -0.4 is 0 Å². The van der Waals surface area contributed by atoms with E-state index in [2.05, 4.69) is 6.58 Å². The highest BCUT2D eigenvalue weighted by molar-refractivity contribution is 7.53. The number of benzene rings is 1. The largest absolute Gasteiger partial charge is 0.507 e. The Morgan fingerprint density at radius 2 is 1.95 bits per heavy atom. The van der Waals surface area contributed by atoms with Gasteiger partial charge in [0, 0.05) is 18.2 Å². The Morgan fingerprint density at radius 1 is 1.36 bits per heavy atom. The average Bonchev–Trinajstić information content (AvgIpc) is 2.39. The SMILES string of the molecule is C=C(C)c1cc(CP(=O)(OC)OCC)cc(C(C)(C)C)c1O. The molecule has 0 spiro atoms. The highest BCUT2D eigenvalue weighted by Gasteiger charge is 2.27. The molecule has 4 nitrogen and oxygen atoms in total. The smallest absolute Gasteiger partial charge is 0.334 e. The van der Waals surface area contributed by atoms with Gasteiger partial charge in [0.15, 0.2) is 0 Å². The van der Waals surface area contributed by atoms with Gasteiger partial charge in [0.1, 0.15) is 5.75 Å². The summed E-state index contributed by atoms with van der Waals surface area (Å²) in [6.07, 6.45) is 0.168. The second-order valence-electron chi connectivity index (χ2n) is 6.44. The van der Waals surface area contributed by atoms with Gasteiger partial charge in [0.2, 0.25) is 0 Å². The summed E-state index contributed by atoms with van der Waals surface area (Å²) < 4.78 is 22.9. The van der Waals surface area contributed by atoms with Crippen LogP contribution in [0.5, 0.6) is 5.75 Å². The van der Waals surface area contributed by atoms with E-state index in [9.17, 15) is 9.67 Å². The van der Waals surface area contributed by atoms with Crippen molar-refractivity contribution in [3.05, 3.63) is 35.4 Å². The van der Waals surface area contributed by atoms with Crippen molar-refractivity contribution in [1.82, 2.24) is 0 Å². The van der Waals surface area contributed by atoms with Crippen molar-refractivity contribution in [3.63, 3.8) is 0 Å². The molecule has 1 rings (SSSR count). The molecule has 0 aliphatic rings. The highest BCUT2D eigenvalue weighted by Crippen LogP contribution is 2.51. The number of phenols is 1. The van der Waals surface area contributed by atoms with Crippen LogP contribution in [-0.2, 0) is 25.2 Å². The first-order valence-electron chi connectivity index (χ1n) is 7.35. The van der Waals surface area contributed by atoms with Gasteiger partial charge in [-0.2, -0.15) is 0 Å². The topological polar surface area (TPSA) is 55.8 Å². The zero-order valence-corrected chi connectivity index (χ0v) is 15.3. The number of phenolic OH excluding ortho intramolecular Hbond substituents is 1. The summed E-state index contributed by atoms with van der Waals surface area (Å²) in [6.45, 7) is 13.9. The van der Waals surface area contributed by atoms with Crippen molar-refractivity contribution in [2.75, 3.05) is 13.7 Å². The molecule has 0 aliphatic heterocycles. The van der Waals surface area contributed by atoms with Crippen molar-refractivity contribution in [2.45, 2.75) is 46.2 Å². The summed E-state index contributed by atoms with van der Waals surface area (Å²) in [4.78, 5) is 0. The maximum Gasteiger partial charge on any atom is 0.334 e. The van der Waals surface area contributed by atoms with E-state index in [1.54, 1.807) is 13.0 Å². The predicted molar refractivity (Wildman–Crippen MR) is 91.5 cm³/mol. The summed E-state index contributed by atoms with van der Waals surface area (Å²) in [5, 5.41) is 10.5. The Labute approximate surface area is 133 Å². The summed E-state index contributed by atoms with van der Waals surface area (Å²) in [6, 6.07) is 3.67. The second kappa shape index (κ2) is 6.99. The van der Waals surface area contributed by atoms with Crippen LogP contribution in [0.2, 0.25) is 0 Å². The summed E-state index contributed by atoms with van der Waals surface area (Å²) in [5.74, 6) is 0.229. The van der Waals surface area contributed by atoms with Gasteiger partial charge in [-0.3, -0.25) is 4.57 Å². The molecule has 0 heterocycles. The molecule has 0 saturated carbocycles. The fourth-order valence-electron chi connectivity index (χ4n) is 2.27. The predicted octanol–water partition coefficient (Wildman–Crippen LogP) is 5.10. The molecular formula is C17H27O4P. The van der Waals surface area contributed by atoms with Crippen LogP contribution in [0.4, 0.5) is 0 Å². The third-order valence-corrected chi connectivity index (χ3v) is 5.38. The molecule has 1 atom stereocenters. The van der Waals surface area contributed by atoms with Crippen LogP contribution in [0, 0.1) is 0 Å². The van der Waals surface area contributed by atoms with E-state index in [0.717, 1.165) is 16.7 Å². The lowest BCUT2D eigenvalue weighted by Gasteiger charge is -2.24. The number of rotatable bonds is 6. The van der Waals surface area contributed by atoms with Crippen LogP contribution >= 0.6 is 7.60 Å². The summed E-state index contributed by atoms with van der Waals surface area (Å²) in [7, 11) is -1.78. The minimum absolute atomic E-state index is 0.168. The van der Waals surface area contributed by atoms with Crippen LogP contribution in [0.1, 0.15) is 51.3 Å². The Morgan fingerprint density at radius 3 is 2.36 bits per heavy atom. The lowest BCUT2D eigenvalue weighted by Crippen LogP contribution is -2.13. The molecule has 0 fully saturated rings. The number of hydrogen-bond donors (Lipinski definition) is 1. The zero-order chi connectivity index (χ0) is 17.1. The van der Waals surface area contributed by atoms with Crippen molar-refractivity contribution in [1.29, 1.82) is 0 Å². The molecule has 1 aromatic rings. The molecule has 124 valence electrons. The fraction of sp³-hybridized carbons (Fsp3) is 0.529. The first-order chi connectivity index (χ1) is 10.0. The molecule has 0 aromatic heterocycles. The van der Waals surface area contributed by atoms with Crippen LogP contribution in [0.15, 0.2) is 18.7 Å². The van der Waals surface area contributed by atoms with E-state index < -0.39 is 7.60 Å². The molecule has 0 radical (unpaired) electrons. The summed E-state index contributed by atoms with van der Waals surface area (Å²) in [5.41, 5.74) is 2.78. The molecule has 5 heteroatoms. The first kappa shape index (κ1) is 19.0. The maximum absolute atomic E-state index is 12.5. The molecule has 1 N–H and O–H groups in total. The molecule has 1 aromatic carbocycles. The Hall–Kier alpha value is -1.09. The molecule has 22 heavy (non-hydrogen) atoms. The van der Waals surface area contributed by atoms with E-state index in [-0.39, 0.29) is 17.3 Å². The van der Waals surface area contributed by atoms with Crippen molar-refractivity contribution >= 4 is 13.2 Å². The van der Waals surface area contributed by atoms with Gasteiger partial charge in [-0.15, -0.1) is 0 Å². The number of aromatic hydroxyl groups is 1. The van der Waals surface area contributed by atoms with Crippen molar-refractivity contribution in [3.8, 4) is 5.75 Å². The second-order valence-corrected chi connectivity index (χ2v) is 8.60. The van der Waals surface area contributed by atoms with Crippen LogP contribution in [-0.4, -0.2) is 18.8 Å². The quantitative estimate of drug-likeness (QED) is 0.739. The van der Waals surface area contributed by atoms with Gasteiger partial charge in [0.25, 0.3) is 0 Å². The van der Waals surface area contributed by atoms with E-state index in [1.807, 2.05) is 33.8 Å². The lowest BCUT2D eigenvalue weighted by atomic mass is 9.83. The molecule has 1 unspecified atom stereocenters. The molecule has 0 saturated heterocycles. The van der Waals surface area contributed by atoms with Crippen molar-refractivity contribution in [2.24, 2.45) is 0 Å². The third-order valence-electron chi connectivity index (χ3n) is 3.42. The van der Waals surface area contributed by atoms with E-state index in [4.69, 9.17) is 9.05 Å². The van der Waals surface area contributed by atoms with E-state index in [0.29, 0.717) is 12.2 Å². The summed E-state index contributed by atoms with van der Waals surface area (Å²) >= 11 is 0.